The summed E-state index contributed by atoms with van der Waals surface area (Å²) in [6.07, 6.45) is 0.0457. The first-order chi connectivity index (χ1) is 9.97. The Bertz CT molecular complexity index is 509. The third-order valence-corrected chi connectivity index (χ3v) is 4.34. The smallest absolute Gasteiger partial charge is 0.254 e. The number of rotatable bonds is 3. The van der Waals surface area contributed by atoms with E-state index in [0.717, 1.165) is 0 Å². The summed E-state index contributed by atoms with van der Waals surface area (Å²) >= 11 is 3.41. The molecule has 6 heteroatoms. The van der Waals surface area contributed by atoms with Crippen molar-refractivity contribution in [3.05, 3.63) is 22.2 Å². The van der Waals surface area contributed by atoms with Gasteiger partial charge in [0.2, 0.25) is 0 Å². The highest BCUT2D eigenvalue weighted by Gasteiger charge is 2.29. The summed E-state index contributed by atoms with van der Waals surface area (Å²) in [4.78, 5) is 14.6. The van der Waals surface area contributed by atoms with Gasteiger partial charge in [-0.1, -0.05) is 0 Å². The molecule has 1 aliphatic rings. The molecule has 1 aliphatic heterocycles. The fourth-order valence-corrected chi connectivity index (χ4v) is 2.90. The van der Waals surface area contributed by atoms with E-state index in [-0.39, 0.29) is 18.1 Å². The molecule has 1 amide bonds. The van der Waals surface area contributed by atoms with Crippen LogP contribution in [0.5, 0.6) is 11.5 Å². The Hall–Kier alpha value is -1.27. The molecule has 2 rings (SSSR count). The summed E-state index contributed by atoms with van der Waals surface area (Å²) in [5.74, 6) is 1.11. The van der Waals surface area contributed by atoms with Gasteiger partial charge in [-0.05, 0) is 41.9 Å². The van der Waals surface area contributed by atoms with E-state index in [9.17, 15) is 4.79 Å². The minimum absolute atomic E-state index is 0.0400. The Morgan fingerprint density at radius 3 is 2.38 bits per heavy atom. The first kappa shape index (κ1) is 16.1. The van der Waals surface area contributed by atoms with Crippen molar-refractivity contribution < 1.29 is 19.0 Å². The molecule has 0 saturated carbocycles. The van der Waals surface area contributed by atoms with Crippen molar-refractivity contribution in [2.75, 3.05) is 27.4 Å². The van der Waals surface area contributed by atoms with Gasteiger partial charge in [0.1, 0.15) is 16.0 Å². The molecule has 2 atom stereocenters. The maximum atomic E-state index is 12.7. The number of morpholine rings is 1. The summed E-state index contributed by atoms with van der Waals surface area (Å²) < 4.78 is 16.8. The van der Waals surface area contributed by atoms with Gasteiger partial charge in [0.25, 0.3) is 5.91 Å². The van der Waals surface area contributed by atoms with Gasteiger partial charge < -0.3 is 19.1 Å². The SMILES string of the molecule is COc1cc(C(=O)N2C[C@H](C)OC[C@H]2C)cc(OC)c1Br. The second-order valence-electron chi connectivity index (χ2n) is 5.15. The fourth-order valence-electron chi connectivity index (χ4n) is 2.34. The Kier molecular flexibility index (Phi) is 5.11. The third kappa shape index (κ3) is 3.32. The quantitative estimate of drug-likeness (QED) is 0.834. The lowest BCUT2D eigenvalue weighted by atomic mass is 10.1. The highest BCUT2D eigenvalue weighted by molar-refractivity contribution is 9.10. The lowest BCUT2D eigenvalue weighted by Crippen LogP contribution is -2.50. The average molecular weight is 358 g/mol. The minimum Gasteiger partial charge on any atom is -0.495 e. The Morgan fingerprint density at radius 1 is 1.29 bits per heavy atom. The first-order valence-corrected chi connectivity index (χ1v) is 7.61. The average Bonchev–Trinajstić information content (AvgIpc) is 2.49. The van der Waals surface area contributed by atoms with Gasteiger partial charge in [-0.25, -0.2) is 0 Å². The number of nitrogens with zero attached hydrogens (tertiary/aromatic N) is 1. The molecule has 0 bridgehead atoms. The van der Waals surface area contributed by atoms with Crippen LogP contribution in [-0.4, -0.2) is 50.3 Å². The molecule has 0 unspecified atom stereocenters. The zero-order chi connectivity index (χ0) is 15.6. The van der Waals surface area contributed by atoms with E-state index in [1.807, 2.05) is 18.7 Å². The number of methoxy groups -OCH3 is 2. The van der Waals surface area contributed by atoms with Crippen LogP contribution in [-0.2, 0) is 4.74 Å². The summed E-state index contributed by atoms with van der Waals surface area (Å²) in [6.45, 7) is 5.09. The fraction of sp³-hybridized carbons (Fsp3) is 0.533. The summed E-state index contributed by atoms with van der Waals surface area (Å²) in [7, 11) is 3.13. The zero-order valence-electron chi connectivity index (χ0n) is 12.7. The largest absolute Gasteiger partial charge is 0.495 e. The van der Waals surface area contributed by atoms with E-state index >= 15 is 0 Å². The van der Waals surface area contributed by atoms with Gasteiger partial charge in [0, 0.05) is 12.1 Å². The van der Waals surface area contributed by atoms with Gasteiger partial charge in [-0.2, -0.15) is 0 Å². The van der Waals surface area contributed by atoms with E-state index in [0.29, 0.717) is 34.7 Å². The molecule has 1 saturated heterocycles. The van der Waals surface area contributed by atoms with Crippen molar-refractivity contribution in [3.8, 4) is 11.5 Å². The van der Waals surface area contributed by atoms with Crippen molar-refractivity contribution in [1.29, 1.82) is 0 Å². The summed E-state index contributed by atoms with van der Waals surface area (Å²) in [5.41, 5.74) is 0.549. The molecule has 5 nitrogen and oxygen atoms in total. The molecular weight excluding hydrogens is 338 g/mol. The van der Waals surface area contributed by atoms with Crippen LogP contribution in [0.15, 0.2) is 16.6 Å². The number of carbonyl (C=O) groups excluding carboxylic acids is 1. The zero-order valence-corrected chi connectivity index (χ0v) is 14.3. The van der Waals surface area contributed by atoms with Crippen LogP contribution in [0.1, 0.15) is 24.2 Å². The predicted octanol–water partition coefficient (Wildman–Crippen LogP) is 2.72. The lowest BCUT2D eigenvalue weighted by molar-refractivity contribution is -0.0387. The van der Waals surface area contributed by atoms with Gasteiger partial charge in [0.15, 0.2) is 0 Å². The number of carbonyl (C=O) groups is 1. The van der Waals surface area contributed by atoms with Crippen LogP contribution < -0.4 is 9.47 Å². The Labute approximate surface area is 133 Å². The molecule has 21 heavy (non-hydrogen) atoms. The lowest BCUT2D eigenvalue weighted by Gasteiger charge is -2.37. The standard InChI is InChI=1S/C15H20BrNO4/c1-9-8-21-10(2)7-17(9)15(18)11-5-12(19-3)14(16)13(6-11)20-4/h5-6,9-10H,7-8H2,1-4H3/t9-,10+/m1/s1. The maximum Gasteiger partial charge on any atom is 0.254 e. The molecule has 0 aromatic heterocycles. The van der Waals surface area contributed by atoms with Gasteiger partial charge in [0.05, 0.1) is 33.0 Å². The molecule has 116 valence electrons. The topological polar surface area (TPSA) is 48.0 Å². The Balaban J connectivity index is 2.34. The number of hydrogen-bond donors (Lipinski definition) is 0. The van der Waals surface area contributed by atoms with Crippen molar-refractivity contribution in [1.82, 2.24) is 4.90 Å². The number of hydrogen-bond acceptors (Lipinski definition) is 4. The van der Waals surface area contributed by atoms with E-state index in [2.05, 4.69) is 15.9 Å². The number of amides is 1. The van der Waals surface area contributed by atoms with E-state index in [4.69, 9.17) is 14.2 Å². The highest BCUT2D eigenvalue weighted by atomic mass is 79.9. The van der Waals surface area contributed by atoms with Crippen LogP contribution in [0.2, 0.25) is 0 Å². The molecule has 1 fully saturated rings. The number of ether oxygens (including phenoxy) is 3. The highest BCUT2D eigenvalue weighted by Crippen LogP contribution is 2.36. The second-order valence-corrected chi connectivity index (χ2v) is 5.94. The van der Waals surface area contributed by atoms with E-state index < -0.39 is 0 Å². The molecule has 0 N–H and O–H groups in total. The minimum atomic E-state index is -0.0400. The number of benzene rings is 1. The van der Waals surface area contributed by atoms with Gasteiger partial charge >= 0.3 is 0 Å². The van der Waals surface area contributed by atoms with Crippen LogP contribution in [0.4, 0.5) is 0 Å². The van der Waals surface area contributed by atoms with Crippen LogP contribution >= 0.6 is 15.9 Å². The summed E-state index contributed by atoms with van der Waals surface area (Å²) in [6, 6.07) is 3.50. The monoisotopic (exact) mass is 357 g/mol. The maximum absolute atomic E-state index is 12.7. The first-order valence-electron chi connectivity index (χ1n) is 6.82. The molecule has 0 spiro atoms. The number of halogens is 1. The predicted molar refractivity (Wildman–Crippen MR) is 83.2 cm³/mol. The molecule has 1 aromatic rings. The summed E-state index contributed by atoms with van der Waals surface area (Å²) in [5, 5.41) is 0. The van der Waals surface area contributed by atoms with Crippen LogP contribution in [0.3, 0.4) is 0 Å². The molecular formula is C15H20BrNO4. The normalized spacial score (nSPS) is 22.0. The van der Waals surface area contributed by atoms with Crippen LogP contribution in [0, 0.1) is 0 Å². The third-order valence-electron chi connectivity index (χ3n) is 3.56. The molecule has 0 radical (unpaired) electrons. The van der Waals surface area contributed by atoms with Crippen molar-refractivity contribution in [2.24, 2.45) is 0 Å². The molecule has 1 aromatic carbocycles. The van der Waals surface area contributed by atoms with Crippen molar-refractivity contribution in [3.63, 3.8) is 0 Å². The second kappa shape index (κ2) is 6.66. The van der Waals surface area contributed by atoms with Crippen molar-refractivity contribution >= 4 is 21.8 Å². The van der Waals surface area contributed by atoms with E-state index in [1.165, 1.54) is 0 Å². The molecule has 1 heterocycles. The van der Waals surface area contributed by atoms with Gasteiger partial charge in [-0.3, -0.25) is 4.79 Å². The van der Waals surface area contributed by atoms with Crippen molar-refractivity contribution in [2.45, 2.75) is 26.0 Å². The molecule has 0 aliphatic carbocycles. The Morgan fingerprint density at radius 2 is 1.86 bits per heavy atom. The van der Waals surface area contributed by atoms with E-state index in [1.54, 1.807) is 26.4 Å². The van der Waals surface area contributed by atoms with Crippen LogP contribution in [0.25, 0.3) is 0 Å². The van der Waals surface area contributed by atoms with Gasteiger partial charge in [-0.15, -0.1) is 0 Å².